The Labute approximate surface area is 128 Å². The van der Waals surface area contributed by atoms with Crippen LogP contribution in [0, 0.1) is 0 Å². The Balaban J connectivity index is 1.90. The normalized spacial score (nSPS) is 19.7. The number of hydrogen-bond acceptors (Lipinski definition) is 1. The number of hydrogen-bond donors (Lipinski definition) is 1. The average Bonchev–Trinajstić information content (AvgIpc) is 3.32. The molecule has 0 aliphatic heterocycles. The van der Waals surface area contributed by atoms with Crippen LogP contribution in [0.25, 0.3) is 16.3 Å². The highest BCUT2D eigenvalue weighted by Crippen LogP contribution is 2.54. The lowest BCUT2D eigenvalue weighted by Gasteiger charge is -2.17. The van der Waals surface area contributed by atoms with Crippen LogP contribution in [0.4, 0.5) is 0 Å². The molecule has 106 valence electrons. The Bertz CT molecular complexity index is 904. The second kappa shape index (κ2) is 4.57. The van der Waals surface area contributed by atoms with Gasteiger partial charge in [0.05, 0.1) is 0 Å². The third-order valence-electron chi connectivity index (χ3n) is 4.34. The minimum absolute atomic E-state index is 0.817. The van der Waals surface area contributed by atoms with Crippen molar-refractivity contribution >= 4 is 22.3 Å². The number of rotatable bonds is 3. The Morgan fingerprint density at radius 2 is 1.50 bits per heavy atom. The summed E-state index contributed by atoms with van der Waals surface area (Å²) >= 11 is 0. The summed E-state index contributed by atoms with van der Waals surface area (Å²) in [6.45, 7) is 0. The molecule has 4 rings (SSSR count). The van der Waals surface area contributed by atoms with Crippen LogP contribution in [0.2, 0.25) is 0 Å². The average molecular weight is 286 g/mol. The molecule has 2 nitrogen and oxygen atoms in total. The number of fused-ring (bicyclic) bond motifs is 1. The van der Waals surface area contributed by atoms with Gasteiger partial charge in [-0.2, -0.15) is 0 Å². The van der Waals surface area contributed by atoms with Crippen molar-refractivity contribution in [1.29, 1.82) is 0 Å². The fraction of sp³-hybridized carbons (Fsp3) is 0.0500. The first-order valence-corrected chi connectivity index (χ1v) is 7.24. The van der Waals surface area contributed by atoms with E-state index in [2.05, 4.69) is 0 Å². The lowest BCUT2D eigenvalue weighted by molar-refractivity contribution is -0.138. The molecule has 0 fully saturated rings. The Morgan fingerprint density at radius 3 is 2.27 bits per heavy atom. The smallest absolute Gasteiger partial charge is 0.322 e. The third-order valence-corrected chi connectivity index (χ3v) is 4.34. The molecule has 0 amide bonds. The number of aliphatic carboxylic acids is 1. The predicted octanol–water partition coefficient (Wildman–Crippen LogP) is 4.26. The van der Waals surface area contributed by atoms with E-state index in [0.29, 0.717) is 0 Å². The summed E-state index contributed by atoms with van der Waals surface area (Å²) in [5.41, 5.74) is 1.69. The zero-order valence-electron chi connectivity index (χ0n) is 11.9. The Kier molecular flexibility index (Phi) is 2.67. The molecule has 1 atom stereocenters. The first kappa shape index (κ1) is 12.8. The summed E-state index contributed by atoms with van der Waals surface area (Å²) in [6, 6.07) is 23.5. The van der Waals surface area contributed by atoms with Crippen molar-refractivity contribution in [3.8, 4) is 0 Å². The van der Waals surface area contributed by atoms with Crippen LogP contribution in [0.1, 0.15) is 11.1 Å². The lowest BCUT2D eigenvalue weighted by atomic mass is 9.85. The van der Waals surface area contributed by atoms with Crippen molar-refractivity contribution in [2.75, 3.05) is 0 Å². The first-order chi connectivity index (χ1) is 10.7. The molecule has 3 aromatic rings. The van der Waals surface area contributed by atoms with E-state index in [1.165, 1.54) is 0 Å². The second-order valence-corrected chi connectivity index (χ2v) is 5.56. The highest BCUT2D eigenvalue weighted by atomic mass is 16.4. The molecule has 2 heteroatoms. The van der Waals surface area contributed by atoms with E-state index in [1.54, 1.807) is 0 Å². The van der Waals surface area contributed by atoms with Crippen LogP contribution < -0.4 is 0 Å². The number of benzene rings is 3. The molecule has 0 radical (unpaired) electrons. The van der Waals surface area contributed by atoms with Gasteiger partial charge in [0.15, 0.2) is 0 Å². The Morgan fingerprint density at radius 1 is 0.818 bits per heavy atom. The van der Waals surface area contributed by atoms with Gasteiger partial charge >= 0.3 is 5.97 Å². The van der Waals surface area contributed by atoms with E-state index in [-0.39, 0.29) is 0 Å². The molecule has 0 saturated heterocycles. The summed E-state index contributed by atoms with van der Waals surface area (Å²) in [7, 11) is 0. The zero-order valence-corrected chi connectivity index (χ0v) is 11.9. The van der Waals surface area contributed by atoms with Gasteiger partial charge in [0, 0.05) is 0 Å². The van der Waals surface area contributed by atoms with Gasteiger partial charge in [-0.25, -0.2) is 0 Å². The molecule has 22 heavy (non-hydrogen) atoms. The maximum atomic E-state index is 12.1. The van der Waals surface area contributed by atoms with Crippen molar-refractivity contribution < 1.29 is 9.90 Å². The highest BCUT2D eigenvalue weighted by molar-refractivity contribution is 6.14. The summed E-state index contributed by atoms with van der Waals surface area (Å²) < 4.78 is 0. The molecule has 0 aromatic heterocycles. The molecular formula is C20H14O2. The fourth-order valence-electron chi connectivity index (χ4n) is 3.19. The quantitative estimate of drug-likeness (QED) is 0.781. The molecule has 1 aliphatic rings. The molecule has 0 heterocycles. The van der Waals surface area contributed by atoms with Crippen LogP contribution in [0.5, 0.6) is 0 Å². The molecule has 1 aliphatic carbocycles. The van der Waals surface area contributed by atoms with Crippen LogP contribution in [0.15, 0.2) is 78.9 Å². The molecule has 0 spiro atoms. The molecular weight excluding hydrogens is 272 g/mol. The standard InChI is InChI=1S/C20H14O2/c21-19(22)20(13-18(20)15-8-2-1-3-9-15)17-12-6-10-14-7-4-5-11-16(14)17/h1-13H,(H,21,22). The summed E-state index contributed by atoms with van der Waals surface area (Å²) in [6.07, 6.45) is 1.85. The lowest BCUT2D eigenvalue weighted by Crippen LogP contribution is -2.23. The SMILES string of the molecule is O=C(O)C1(c2cccc3ccccc23)C=C1c1ccccc1. The van der Waals surface area contributed by atoms with Crippen LogP contribution in [-0.2, 0) is 10.2 Å². The zero-order chi connectivity index (χ0) is 15.2. The first-order valence-electron chi connectivity index (χ1n) is 7.24. The van der Waals surface area contributed by atoms with Gasteiger partial charge in [-0.1, -0.05) is 78.9 Å². The van der Waals surface area contributed by atoms with Crippen molar-refractivity contribution in [3.63, 3.8) is 0 Å². The molecule has 0 bridgehead atoms. The summed E-state index contributed by atoms with van der Waals surface area (Å²) in [5.74, 6) is -0.817. The minimum atomic E-state index is -0.998. The Hall–Kier alpha value is -2.87. The third kappa shape index (κ3) is 1.70. The predicted molar refractivity (Wildman–Crippen MR) is 87.7 cm³/mol. The number of carboxylic acids is 1. The number of carboxylic acid groups (broad SMARTS) is 1. The highest BCUT2D eigenvalue weighted by Gasteiger charge is 2.53. The van der Waals surface area contributed by atoms with E-state index in [9.17, 15) is 9.90 Å². The topological polar surface area (TPSA) is 37.3 Å². The number of carbonyl (C=O) groups is 1. The van der Waals surface area contributed by atoms with Gasteiger partial charge in [0.1, 0.15) is 5.41 Å². The largest absolute Gasteiger partial charge is 0.480 e. The van der Waals surface area contributed by atoms with Crippen molar-refractivity contribution in [3.05, 3.63) is 90.0 Å². The summed E-state index contributed by atoms with van der Waals surface area (Å²) in [5, 5.41) is 12.0. The van der Waals surface area contributed by atoms with Crippen molar-refractivity contribution in [1.82, 2.24) is 0 Å². The fourth-order valence-corrected chi connectivity index (χ4v) is 3.19. The van der Waals surface area contributed by atoms with Gasteiger partial charge in [0.25, 0.3) is 0 Å². The monoisotopic (exact) mass is 286 g/mol. The van der Waals surface area contributed by atoms with Gasteiger partial charge in [-0.3, -0.25) is 4.79 Å². The maximum absolute atomic E-state index is 12.1. The van der Waals surface area contributed by atoms with Gasteiger partial charge in [-0.15, -0.1) is 0 Å². The maximum Gasteiger partial charge on any atom is 0.322 e. The van der Waals surface area contributed by atoms with Gasteiger partial charge < -0.3 is 5.11 Å². The minimum Gasteiger partial charge on any atom is -0.480 e. The van der Waals surface area contributed by atoms with E-state index in [0.717, 1.165) is 27.5 Å². The van der Waals surface area contributed by atoms with Crippen LogP contribution in [0.3, 0.4) is 0 Å². The molecule has 1 N–H and O–H groups in total. The van der Waals surface area contributed by atoms with Crippen LogP contribution in [-0.4, -0.2) is 11.1 Å². The van der Waals surface area contributed by atoms with E-state index in [1.807, 2.05) is 78.9 Å². The van der Waals surface area contributed by atoms with Gasteiger partial charge in [0.2, 0.25) is 0 Å². The van der Waals surface area contributed by atoms with E-state index < -0.39 is 11.4 Å². The van der Waals surface area contributed by atoms with Crippen molar-refractivity contribution in [2.24, 2.45) is 0 Å². The van der Waals surface area contributed by atoms with Crippen LogP contribution >= 0.6 is 0 Å². The summed E-state index contributed by atoms with van der Waals surface area (Å²) in [4.78, 5) is 12.1. The molecule has 0 saturated carbocycles. The van der Waals surface area contributed by atoms with E-state index in [4.69, 9.17) is 0 Å². The molecule has 3 aromatic carbocycles. The van der Waals surface area contributed by atoms with E-state index >= 15 is 0 Å². The molecule has 1 unspecified atom stereocenters. The van der Waals surface area contributed by atoms with Crippen molar-refractivity contribution in [2.45, 2.75) is 5.41 Å². The van der Waals surface area contributed by atoms with Gasteiger partial charge in [-0.05, 0) is 27.5 Å². The second-order valence-electron chi connectivity index (χ2n) is 5.56.